The second-order valence-electron chi connectivity index (χ2n) is 9.15. The summed E-state index contributed by atoms with van der Waals surface area (Å²) < 4.78 is 5.35. The van der Waals surface area contributed by atoms with Gasteiger partial charge in [-0.15, -0.1) is 0 Å². The molecule has 0 fully saturated rings. The van der Waals surface area contributed by atoms with Gasteiger partial charge >= 0.3 is 5.97 Å². The molecule has 2 heteroatoms. The second-order valence-corrected chi connectivity index (χ2v) is 9.15. The molecule has 0 aliphatic rings. The number of allylic oxidation sites excluding steroid dienone is 4. The van der Waals surface area contributed by atoms with Crippen LogP contribution in [0.4, 0.5) is 0 Å². The van der Waals surface area contributed by atoms with Gasteiger partial charge in [-0.25, -0.2) is 0 Å². The van der Waals surface area contributed by atoms with Crippen LogP contribution in [-0.4, -0.2) is 12.6 Å². The Morgan fingerprint density at radius 3 is 1.93 bits per heavy atom. The summed E-state index contributed by atoms with van der Waals surface area (Å²) in [5, 5.41) is 0. The van der Waals surface area contributed by atoms with E-state index in [1.54, 1.807) is 0 Å². The standard InChI is InChI=1S/C28H52O2/c1-4-5-6-7-8-9-10-11-12-13-14-15-16-19-22-25-28(29)30-26-23-20-17-18-21-24-27(2)3/h8-9,11-12,27H,4-7,10,13-26H2,1-3H3/b9-8-,12-11-. The molecule has 2 nitrogen and oxygen atoms in total. The Bertz CT molecular complexity index is 409. The van der Waals surface area contributed by atoms with E-state index in [2.05, 4.69) is 45.1 Å². The molecule has 0 rings (SSSR count). The molecule has 0 spiro atoms. The Balaban J connectivity index is 3.27. The van der Waals surface area contributed by atoms with Gasteiger partial charge < -0.3 is 4.74 Å². The first-order valence-electron chi connectivity index (χ1n) is 13.1. The quantitative estimate of drug-likeness (QED) is 0.0990. The maximum absolute atomic E-state index is 11.8. The van der Waals surface area contributed by atoms with Gasteiger partial charge in [0, 0.05) is 6.42 Å². The highest BCUT2D eigenvalue weighted by Crippen LogP contribution is 2.11. The Hall–Kier alpha value is -1.05. The molecule has 0 radical (unpaired) electrons. The van der Waals surface area contributed by atoms with Crippen LogP contribution in [0.25, 0.3) is 0 Å². The molecular formula is C28H52O2. The third-order valence-electron chi connectivity index (χ3n) is 5.52. The lowest BCUT2D eigenvalue weighted by molar-refractivity contribution is -0.143. The second kappa shape index (κ2) is 24.2. The summed E-state index contributed by atoms with van der Waals surface area (Å²) in [6.07, 6.45) is 30.6. The molecule has 0 heterocycles. The molecule has 0 saturated heterocycles. The van der Waals surface area contributed by atoms with Crippen molar-refractivity contribution < 1.29 is 9.53 Å². The predicted molar refractivity (Wildman–Crippen MR) is 133 cm³/mol. The highest BCUT2D eigenvalue weighted by molar-refractivity contribution is 5.69. The molecular weight excluding hydrogens is 368 g/mol. The van der Waals surface area contributed by atoms with Gasteiger partial charge in [0.1, 0.15) is 0 Å². The number of unbranched alkanes of at least 4 members (excludes halogenated alkanes) is 12. The molecule has 0 bridgehead atoms. The fraction of sp³-hybridized carbons (Fsp3) is 0.821. The van der Waals surface area contributed by atoms with Crippen molar-refractivity contribution in [2.45, 2.75) is 136 Å². The molecule has 176 valence electrons. The Labute approximate surface area is 188 Å². The largest absolute Gasteiger partial charge is 0.466 e. The number of hydrogen-bond acceptors (Lipinski definition) is 2. The first-order chi connectivity index (χ1) is 14.7. The smallest absolute Gasteiger partial charge is 0.305 e. The fourth-order valence-corrected chi connectivity index (χ4v) is 3.52. The molecule has 0 atom stereocenters. The SMILES string of the molecule is CCCCC/C=C\C/C=C\CCCCCCCC(=O)OCCCCCCCC(C)C. The van der Waals surface area contributed by atoms with Crippen molar-refractivity contribution in [1.82, 2.24) is 0 Å². The topological polar surface area (TPSA) is 26.3 Å². The molecule has 0 aromatic carbocycles. The van der Waals surface area contributed by atoms with Crippen molar-refractivity contribution in [3.05, 3.63) is 24.3 Å². The number of carbonyl (C=O) groups is 1. The van der Waals surface area contributed by atoms with Crippen molar-refractivity contribution in [2.75, 3.05) is 6.61 Å². The van der Waals surface area contributed by atoms with Gasteiger partial charge in [-0.3, -0.25) is 4.79 Å². The summed E-state index contributed by atoms with van der Waals surface area (Å²) in [4.78, 5) is 11.8. The van der Waals surface area contributed by atoms with Crippen LogP contribution in [0.2, 0.25) is 0 Å². The molecule has 0 N–H and O–H groups in total. The van der Waals surface area contributed by atoms with Crippen LogP contribution in [0.1, 0.15) is 136 Å². The average Bonchev–Trinajstić information content (AvgIpc) is 2.72. The van der Waals surface area contributed by atoms with Gasteiger partial charge in [-0.05, 0) is 50.9 Å². The number of esters is 1. The molecule has 0 amide bonds. The molecule has 0 unspecified atom stereocenters. The number of rotatable bonds is 22. The normalized spacial score (nSPS) is 11.9. The zero-order valence-electron chi connectivity index (χ0n) is 20.6. The average molecular weight is 421 g/mol. The number of carbonyl (C=O) groups excluding carboxylic acids is 1. The van der Waals surface area contributed by atoms with Gasteiger partial charge in [0.05, 0.1) is 6.61 Å². The monoisotopic (exact) mass is 420 g/mol. The van der Waals surface area contributed by atoms with E-state index in [4.69, 9.17) is 4.74 Å². The minimum absolute atomic E-state index is 0.000454. The van der Waals surface area contributed by atoms with Crippen LogP contribution in [0.5, 0.6) is 0 Å². The molecule has 0 aliphatic carbocycles. The molecule has 30 heavy (non-hydrogen) atoms. The minimum atomic E-state index is 0.000454. The van der Waals surface area contributed by atoms with Crippen molar-refractivity contribution in [1.29, 1.82) is 0 Å². The van der Waals surface area contributed by atoms with E-state index in [0.717, 1.165) is 31.6 Å². The third-order valence-corrected chi connectivity index (χ3v) is 5.52. The summed E-state index contributed by atoms with van der Waals surface area (Å²) >= 11 is 0. The van der Waals surface area contributed by atoms with Gasteiger partial charge in [0.2, 0.25) is 0 Å². The highest BCUT2D eigenvalue weighted by atomic mass is 16.5. The lowest BCUT2D eigenvalue weighted by atomic mass is 10.0. The summed E-state index contributed by atoms with van der Waals surface area (Å²) in [7, 11) is 0. The zero-order valence-corrected chi connectivity index (χ0v) is 20.6. The summed E-state index contributed by atoms with van der Waals surface area (Å²) in [5.41, 5.74) is 0. The maximum atomic E-state index is 11.8. The molecule has 0 aliphatic heterocycles. The van der Waals surface area contributed by atoms with Crippen LogP contribution < -0.4 is 0 Å². The lowest BCUT2D eigenvalue weighted by Gasteiger charge is -2.06. The van der Waals surface area contributed by atoms with E-state index in [1.807, 2.05) is 0 Å². The Morgan fingerprint density at radius 2 is 1.27 bits per heavy atom. The van der Waals surface area contributed by atoms with Crippen molar-refractivity contribution in [3.63, 3.8) is 0 Å². The van der Waals surface area contributed by atoms with Gasteiger partial charge in [0.15, 0.2) is 0 Å². The van der Waals surface area contributed by atoms with Crippen molar-refractivity contribution in [2.24, 2.45) is 5.92 Å². The first-order valence-corrected chi connectivity index (χ1v) is 13.1. The summed E-state index contributed by atoms with van der Waals surface area (Å²) in [6.45, 7) is 7.43. The van der Waals surface area contributed by atoms with Crippen molar-refractivity contribution >= 4 is 5.97 Å². The van der Waals surface area contributed by atoms with Gasteiger partial charge in [-0.2, -0.15) is 0 Å². The fourth-order valence-electron chi connectivity index (χ4n) is 3.52. The van der Waals surface area contributed by atoms with E-state index in [-0.39, 0.29) is 5.97 Å². The third kappa shape index (κ3) is 25.0. The van der Waals surface area contributed by atoms with E-state index in [1.165, 1.54) is 83.5 Å². The van der Waals surface area contributed by atoms with E-state index >= 15 is 0 Å². The zero-order chi connectivity index (χ0) is 22.1. The highest BCUT2D eigenvalue weighted by Gasteiger charge is 2.02. The van der Waals surface area contributed by atoms with Crippen LogP contribution in [0.15, 0.2) is 24.3 Å². The van der Waals surface area contributed by atoms with Crippen LogP contribution in [0, 0.1) is 5.92 Å². The van der Waals surface area contributed by atoms with Crippen LogP contribution in [0.3, 0.4) is 0 Å². The maximum Gasteiger partial charge on any atom is 0.305 e. The van der Waals surface area contributed by atoms with Crippen LogP contribution in [-0.2, 0) is 9.53 Å². The predicted octanol–water partition coefficient (Wildman–Crippen LogP) is 9.34. The molecule has 0 saturated carbocycles. The van der Waals surface area contributed by atoms with Crippen LogP contribution >= 0.6 is 0 Å². The number of hydrogen-bond donors (Lipinski definition) is 0. The van der Waals surface area contributed by atoms with Crippen molar-refractivity contribution in [3.8, 4) is 0 Å². The summed E-state index contributed by atoms with van der Waals surface area (Å²) in [6, 6.07) is 0. The van der Waals surface area contributed by atoms with E-state index in [0.29, 0.717) is 13.0 Å². The Kier molecular flexibility index (Phi) is 23.4. The minimum Gasteiger partial charge on any atom is -0.466 e. The molecule has 0 aromatic heterocycles. The van der Waals surface area contributed by atoms with E-state index in [9.17, 15) is 4.79 Å². The Morgan fingerprint density at radius 1 is 0.700 bits per heavy atom. The van der Waals surface area contributed by atoms with E-state index < -0.39 is 0 Å². The molecule has 0 aromatic rings. The van der Waals surface area contributed by atoms with Gasteiger partial charge in [0.25, 0.3) is 0 Å². The number of ether oxygens (including phenoxy) is 1. The first kappa shape index (κ1) is 28.9. The van der Waals surface area contributed by atoms with Gasteiger partial charge in [-0.1, -0.05) is 109 Å². The lowest BCUT2D eigenvalue weighted by Crippen LogP contribution is -2.05. The summed E-state index contributed by atoms with van der Waals surface area (Å²) in [5.74, 6) is 0.820.